The molecule has 0 spiro atoms. The summed E-state index contributed by atoms with van der Waals surface area (Å²) in [5.41, 5.74) is 6.90. The molecule has 1 saturated heterocycles. The Morgan fingerprint density at radius 2 is 2.19 bits per heavy atom. The average molecular weight is 288 g/mol. The summed E-state index contributed by atoms with van der Waals surface area (Å²) >= 11 is 0. The van der Waals surface area contributed by atoms with E-state index in [9.17, 15) is 0 Å². The second kappa shape index (κ2) is 6.15. The maximum absolute atomic E-state index is 5.99. The Morgan fingerprint density at radius 3 is 2.95 bits per heavy atom. The number of nitrogens with zero attached hydrogens (tertiary/aromatic N) is 3. The zero-order valence-corrected chi connectivity index (χ0v) is 12.1. The van der Waals surface area contributed by atoms with E-state index in [1.807, 2.05) is 30.3 Å². The lowest BCUT2D eigenvalue weighted by Crippen LogP contribution is -2.42. The van der Waals surface area contributed by atoms with Crippen molar-refractivity contribution in [1.82, 2.24) is 14.7 Å². The molecule has 0 amide bonds. The fourth-order valence-corrected chi connectivity index (χ4v) is 2.37. The largest absolute Gasteiger partial charge is 0.474 e. The normalized spacial score (nSPS) is 19.6. The Kier molecular flexibility index (Phi) is 4.08. The fraction of sp³-hybridized carbons (Fsp3) is 0.400. The van der Waals surface area contributed by atoms with Gasteiger partial charge in [0, 0.05) is 19.2 Å². The van der Waals surface area contributed by atoms with Crippen molar-refractivity contribution in [2.75, 3.05) is 39.1 Å². The number of morpholine rings is 1. The Balaban J connectivity index is 1.64. The monoisotopic (exact) mass is 288 g/mol. The van der Waals surface area contributed by atoms with E-state index in [1.54, 1.807) is 10.7 Å². The maximum Gasteiger partial charge on any atom is 0.235 e. The van der Waals surface area contributed by atoms with Crippen molar-refractivity contribution in [3.8, 4) is 11.6 Å². The van der Waals surface area contributed by atoms with Crippen molar-refractivity contribution in [2.45, 2.75) is 6.10 Å². The van der Waals surface area contributed by atoms with Crippen LogP contribution in [0.2, 0.25) is 0 Å². The summed E-state index contributed by atoms with van der Waals surface area (Å²) in [6.45, 7) is 3.06. The number of para-hydroxylation sites is 1. The second-order valence-corrected chi connectivity index (χ2v) is 5.22. The highest BCUT2D eigenvalue weighted by molar-refractivity contribution is 5.44. The molecule has 112 valence electrons. The molecule has 1 aliphatic heterocycles. The number of aromatic nitrogens is 2. The van der Waals surface area contributed by atoms with Gasteiger partial charge in [0.05, 0.1) is 12.3 Å². The molecule has 1 aromatic heterocycles. The number of anilines is 1. The van der Waals surface area contributed by atoms with Gasteiger partial charge < -0.3 is 20.1 Å². The summed E-state index contributed by atoms with van der Waals surface area (Å²) in [6.07, 6.45) is 0.0758. The first-order valence-electron chi connectivity index (χ1n) is 7.06. The molecule has 0 saturated carbocycles. The molecule has 3 rings (SSSR count). The van der Waals surface area contributed by atoms with Gasteiger partial charge >= 0.3 is 0 Å². The fourth-order valence-electron chi connectivity index (χ4n) is 2.37. The predicted octanol–water partition coefficient (Wildman–Crippen LogP) is 1.16. The number of nitrogen functional groups attached to an aromatic ring is 1. The van der Waals surface area contributed by atoms with Crippen molar-refractivity contribution < 1.29 is 9.47 Å². The first kappa shape index (κ1) is 13.9. The van der Waals surface area contributed by atoms with Gasteiger partial charge in [0.1, 0.15) is 18.5 Å². The Morgan fingerprint density at radius 1 is 1.38 bits per heavy atom. The summed E-state index contributed by atoms with van der Waals surface area (Å²) in [4.78, 5) is 2.23. The van der Waals surface area contributed by atoms with E-state index >= 15 is 0 Å². The molecule has 2 heterocycles. The molecule has 1 aromatic carbocycles. The third-order valence-corrected chi connectivity index (χ3v) is 3.47. The maximum atomic E-state index is 5.99. The average Bonchev–Trinajstić information content (AvgIpc) is 2.87. The summed E-state index contributed by atoms with van der Waals surface area (Å²) in [5.74, 6) is 1.08. The van der Waals surface area contributed by atoms with Crippen molar-refractivity contribution in [3.05, 3.63) is 36.4 Å². The van der Waals surface area contributed by atoms with E-state index in [0.717, 1.165) is 25.4 Å². The van der Waals surface area contributed by atoms with Crippen molar-refractivity contribution >= 4 is 5.82 Å². The minimum atomic E-state index is 0.0758. The summed E-state index contributed by atoms with van der Waals surface area (Å²) in [7, 11) is 2.08. The third-order valence-electron chi connectivity index (χ3n) is 3.47. The first-order chi connectivity index (χ1) is 10.2. The van der Waals surface area contributed by atoms with Crippen LogP contribution >= 0.6 is 0 Å². The molecule has 0 bridgehead atoms. The van der Waals surface area contributed by atoms with Crippen molar-refractivity contribution in [1.29, 1.82) is 0 Å². The van der Waals surface area contributed by atoms with Gasteiger partial charge in [0.15, 0.2) is 0 Å². The topological polar surface area (TPSA) is 65.5 Å². The molecule has 6 nitrogen and oxygen atoms in total. The van der Waals surface area contributed by atoms with Gasteiger partial charge in [0.25, 0.3) is 0 Å². The molecule has 2 N–H and O–H groups in total. The van der Waals surface area contributed by atoms with Crippen LogP contribution in [-0.4, -0.2) is 54.1 Å². The Labute approximate surface area is 124 Å². The molecular formula is C15H20N4O2. The van der Waals surface area contributed by atoms with Crippen LogP contribution in [-0.2, 0) is 4.74 Å². The smallest absolute Gasteiger partial charge is 0.235 e. The number of nitrogens with two attached hydrogens (primary N) is 1. The molecule has 0 radical (unpaired) electrons. The van der Waals surface area contributed by atoms with E-state index in [1.165, 1.54) is 0 Å². The standard InChI is InChI=1S/C15H20N4O2/c1-18-7-8-20-13(10-18)11-21-15-9-14(16)19(17-15)12-5-3-2-4-6-12/h2-6,9,13H,7-8,10-11,16H2,1H3/t13-/m1/s1. The molecule has 1 aliphatic rings. The zero-order chi connectivity index (χ0) is 14.7. The number of hydrogen-bond acceptors (Lipinski definition) is 5. The number of benzene rings is 1. The minimum absolute atomic E-state index is 0.0758. The SMILES string of the molecule is CN1CCO[C@@H](COc2cc(N)n(-c3ccccc3)n2)C1. The Hall–Kier alpha value is -2.05. The molecule has 1 fully saturated rings. The van der Waals surface area contributed by atoms with Gasteiger partial charge in [0.2, 0.25) is 5.88 Å². The molecule has 6 heteroatoms. The lowest BCUT2D eigenvalue weighted by Gasteiger charge is -2.29. The van der Waals surface area contributed by atoms with Gasteiger partial charge in [-0.3, -0.25) is 0 Å². The van der Waals surface area contributed by atoms with Crippen LogP contribution in [0.1, 0.15) is 0 Å². The van der Waals surface area contributed by atoms with Crippen LogP contribution in [0.15, 0.2) is 36.4 Å². The van der Waals surface area contributed by atoms with Gasteiger partial charge in [-0.2, -0.15) is 0 Å². The van der Waals surface area contributed by atoms with E-state index < -0.39 is 0 Å². The van der Waals surface area contributed by atoms with E-state index in [4.69, 9.17) is 15.2 Å². The highest BCUT2D eigenvalue weighted by Crippen LogP contribution is 2.19. The van der Waals surface area contributed by atoms with E-state index in [2.05, 4.69) is 17.0 Å². The minimum Gasteiger partial charge on any atom is -0.474 e. The summed E-state index contributed by atoms with van der Waals surface area (Å²) < 4.78 is 13.0. The zero-order valence-electron chi connectivity index (χ0n) is 12.1. The molecular weight excluding hydrogens is 268 g/mol. The highest BCUT2D eigenvalue weighted by atomic mass is 16.5. The van der Waals surface area contributed by atoms with Crippen LogP contribution in [0.5, 0.6) is 5.88 Å². The predicted molar refractivity (Wildman–Crippen MR) is 80.7 cm³/mol. The highest BCUT2D eigenvalue weighted by Gasteiger charge is 2.19. The first-order valence-corrected chi connectivity index (χ1v) is 7.06. The van der Waals surface area contributed by atoms with Gasteiger partial charge in [-0.15, -0.1) is 5.10 Å². The lowest BCUT2D eigenvalue weighted by atomic mass is 10.3. The van der Waals surface area contributed by atoms with Gasteiger partial charge in [-0.1, -0.05) is 18.2 Å². The number of likely N-dealkylation sites (N-methyl/N-ethyl adjacent to an activating group) is 1. The molecule has 2 aromatic rings. The number of hydrogen-bond donors (Lipinski definition) is 1. The van der Waals surface area contributed by atoms with E-state index in [0.29, 0.717) is 18.3 Å². The summed E-state index contributed by atoms with van der Waals surface area (Å²) in [5, 5.41) is 4.38. The van der Waals surface area contributed by atoms with Crippen molar-refractivity contribution in [2.24, 2.45) is 0 Å². The van der Waals surface area contributed by atoms with Crippen LogP contribution in [0.25, 0.3) is 5.69 Å². The van der Waals surface area contributed by atoms with Crippen LogP contribution < -0.4 is 10.5 Å². The molecule has 0 unspecified atom stereocenters. The molecule has 21 heavy (non-hydrogen) atoms. The summed E-state index contributed by atoms with van der Waals surface area (Å²) in [6, 6.07) is 11.5. The third kappa shape index (κ3) is 3.34. The van der Waals surface area contributed by atoms with Crippen LogP contribution in [0.3, 0.4) is 0 Å². The molecule has 0 aliphatic carbocycles. The van der Waals surface area contributed by atoms with Gasteiger partial charge in [-0.05, 0) is 19.2 Å². The van der Waals surface area contributed by atoms with E-state index in [-0.39, 0.29) is 6.10 Å². The molecule has 1 atom stereocenters. The van der Waals surface area contributed by atoms with Crippen LogP contribution in [0.4, 0.5) is 5.82 Å². The number of rotatable bonds is 4. The second-order valence-electron chi connectivity index (χ2n) is 5.22. The van der Waals surface area contributed by atoms with Crippen molar-refractivity contribution in [3.63, 3.8) is 0 Å². The quantitative estimate of drug-likeness (QED) is 0.914. The van der Waals surface area contributed by atoms with Crippen LogP contribution in [0, 0.1) is 0 Å². The lowest BCUT2D eigenvalue weighted by molar-refractivity contribution is -0.0410. The Bertz CT molecular complexity index is 585. The number of ether oxygens (including phenoxy) is 2. The van der Waals surface area contributed by atoms with Gasteiger partial charge in [-0.25, -0.2) is 4.68 Å².